The number of hydrogen-bond donors (Lipinski definition) is 1. The largest absolute Gasteiger partial charge is 0.370 e. The molecule has 0 saturated carbocycles. The quantitative estimate of drug-likeness (QED) is 0.857. The molecule has 1 aliphatic rings. The number of amides is 1. The molecule has 0 radical (unpaired) electrons. The molecule has 20 heavy (non-hydrogen) atoms. The highest BCUT2D eigenvalue weighted by Crippen LogP contribution is 2.25. The van der Waals surface area contributed by atoms with Crippen molar-refractivity contribution in [2.75, 3.05) is 27.2 Å². The minimum absolute atomic E-state index is 0.0168. The standard InChI is InChI=1S/C14H24N4O2/c1-10(2)15-7-12-14-11(5-6-20-12)8-18(16-14)9-13(19)17(3)4/h8,10,12,15H,5-7,9H2,1-4H3. The molecule has 1 amide bonds. The number of fused-ring (bicyclic) bond motifs is 1. The van der Waals surface area contributed by atoms with E-state index in [1.165, 1.54) is 5.56 Å². The number of rotatable bonds is 5. The Morgan fingerprint density at radius 3 is 3.00 bits per heavy atom. The smallest absolute Gasteiger partial charge is 0.243 e. The van der Waals surface area contributed by atoms with Crippen LogP contribution in [0.5, 0.6) is 0 Å². The lowest BCUT2D eigenvalue weighted by atomic mass is 10.1. The third kappa shape index (κ3) is 3.58. The van der Waals surface area contributed by atoms with Gasteiger partial charge in [-0.25, -0.2) is 0 Å². The lowest BCUT2D eigenvalue weighted by Crippen LogP contribution is -2.31. The van der Waals surface area contributed by atoms with Crippen molar-refractivity contribution in [3.05, 3.63) is 17.5 Å². The maximum absolute atomic E-state index is 11.7. The number of hydrogen-bond acceptors (Lipinski definition) is 4. The molecule has 0 spiro atoms. The molecular weight excluding hydrogens is 256 g/mol. The van der Waals surface area contributed by atoms with Gasteiger partial charge in [0.2, 0.25) is 5.91 Å². The van der Waals surface area contributed by atoms with E-state index in [0.29, 0.717) is 12.6 Å². The van der Waals surface area contributed by atoms with Gasteiger partial charge in [-0.3, -0.25) is 9.48 Å². The molecule has 0 aromatic carbocycles. The first kappa shape index (κ1) is 15.0. The van der Waals surface area contributed by atoms with Crippen molar-refractivity contribution in [3.8, 4) is 0 Å². The van der Waals surface area contributed by atoms with Gasteiger partial charge < -0.3 is 15.0 Å². The van der Waals surface area contributed by atoms with Crippen LogP contribution in [0.15, 0.2) is 6.20 Å². The predicted octanol–water partition coefficient (Wildman–Crippen LogP) is 0.583. The van der Waals surface area contributed by atoms with E-state index in [-0.39, 0.29) is 18.6 Å². The summed E-state index contributed by atoms with van der Waals surface area (Å²) in [6.07, 6.45) is 2.82. The molecule has 1 aromatic rings. The molecule has 0 saturated heterocycles. The number of ether oxygens (including phenoxy) is 1. The number of aromatic nitrogens is 2. The Morgan fingerprint density at radius 2 is 2.35 bits per heavy atom. The van der Waals surface area contributed by atoms with Crippen LogP contribution < -0.4 is 5.32 Å². The monoisotopic (exact) mass is 280 g/mol. The third-order valence-corrected chi connectivity index (χ3v) is 3.37. The van der Waals surface area contributed by atoms with Gasteiger partial charge >= 0.3 is 0 Å². The Labute approximate surface area is 120 Å². The lowest BCUT2D eigenvalue weighted by Gasteiger charge is -2.23. The van der Waals surface area contributed by atoms with Crippen LogP contribution in [-0.4, -0.2) is 53.9 Å². The zero-order chi connectivity index (χ0) is 14.7. The maximum Gasteiger partial charge on any atom is 0.243 e. The summed E-state index contributed by atoms with van der Waals surface area (Å²) in [7, 11) is 3.51. The summed E-state index contributed by atoms with van der Waals surface area (Å²) in [5.41, 5.74) is 2.16. The number of nitrogens with one attached hydrogen (secondary N) is 1. The molecule has 1 aromatic heterocycles. The Hall–Kier alpha value is -1.40. The van der Waals surface area contributed by atoms with Crippen LogP contribution >= 0.6 is 0 Å². The van der Waals surface area contributed by atoms with Crippen molar-refractivity contribution < 1.29 is 9.53 Å². The number of likely N-dealkylation sites (N-methyl/N-ethyl adjacent to an activating group) is 1. The van der Waals surface area contributed by atoms with E-state index < -0.39 is 0 Å². The van der Waals surface area contributed by atoms with Gasteiger partial charge in [-0.2, -0.15) is 5.10 Å². The molecule has 0 fully saturated rings. The lowest BCUT2D eigenvalue weighted by molar-refractivity contribution is -0.129. The van der Waals surface area contributed by atoms with Crippen molar-refractivity contribution in [2.45, 2.75) is 39.0 Å². The molecule has 1 N–H and O–H groups in total. The molecule has 2 heterocycles. The van der Waals surface area contributed by atoms with Gasteiger partial charge in [-0.15, -0.1) is 0 Å². The fourth-order valence-corrected chi connectivity index (χ4v) is 2.19. The third-order valence-electron chi connectivity index (χ3n) is 3.37. The highest BCUT2D eigenvalue weighted by atomic mass is 16.5. The van der Waals surface area contributed by atoms with Crippen LogP contribution in [0, 0.1) is 0 Å². The van der Waals surface area contributed by atoms with E-state index in [1.807, 2.05) is 6.20 Å². The average molecular weight is 280 g/mol. The van der Waals surface area contributed by atoms with E-state index >= 15 is 0 Å². The van der Waals surface area contributed by atoms with E-state index in [1.54, 1.807) is 23.7 Å². The van der Waals surface area contributed by atoms with Crippen LogP contribution in [0.25, 0.3) is 0 Å². The molecule has 6 nitrogen and oxygen atoms in total. The van der Waals surface area contributed by atoms with Gasteiger partial charge in [0.15, 0.2) is 0 Å². The fraction of sp³-hybridized carbons (Fsp3) is 0.714. The topological polar surface area (TPSA) is 59.4 Å². The van der Waals surface area contributed by atoms with Gasteiger partial charge in [0, 0.05) is 32.9 Å². The Bertz CT molecular complexity index is 468. The Kier molecular flexibility index (Phi) is 4.77. The molecule has 0 bridgehead atoms. The molecule has 1 unspecified atom stereocenters. The summed E-state index contributed by atoms with van der Waals surface area (Å²) in [5, 5.41) is 7.91. The van der Waals surface area contributed by atoms with Crippen molar-refractivity contribution in [1.82, 2.24) is 20.0 Å². The van der Waals surface area contributed by atoms with Gasteiger partial charge in [0.25, 0.3) is 0 Å². The van der Waals surface area contributed by atoms with Crippen molar-refractivity contribution >= 4 is 5.91 Å². The minimum atomic E-state index is -0.0168. The molecular formula is C14H24N4O2. The molecule has 6 heteroatoms. The van der Waals surface area contributed by atoms with Gasteiger partial charge in [-0.05, 0) is 12.0 Å². The maximum atomic E-state index is 11.7. The van der Waals surface area contributed by atoms with Gasteiger partial charge in [-0.1, -0.05) is 13.8 Å². The minimum Gasteiger partial charge on any atom is -0.370 e. The SMILES string of the molecule is CC(C)NCC1OCCc2cn(CC(=O)N(C)C)nc21. The predicted molar refractivity (Wildman–Crippen MR) is 76.5 cm³/mol. The number of carbonyl (C=O) groups is 1. The highest BCUT2D eigenvalue weighted by molar-refractivity contribution is 5.75. The molecule has 1 aliphatic heterocycles. The van der Waals surface area contributed by atoms with E-state index in [9.17, 15) is 4.79 Å². The van der Waals surface area contributed by atoms with E-state index in [4.69, 9.17) is 4.74 Å². The average Bonchev–Trinajstić information content (AvgIpc) is 2.78. The molecule has 2 rings (SSSR count). The summed E-state index contributed by atoms with van der Waals surface area (Å²) >= 11 is 0. The summed E-state index contributed by atoms with van der Waals surface area (Å²) in [5.74, 6) is 0.0441. The Morgan fingerprint density at radius 1 is 1.60 bits per heavy atom. The first-order valence-electron chi connectivity index (χ1n) is 7.08. The normalized spacial score (nSPS) is 18.1. The summed E-state index contributed by atoms with van der Waals surface area (Å²) in [4.78, 5) is 13.3. The second-order valence-electron chi connectivity index (χ2n) is 5.70. The summed E-state index contributed by atoms with van der Waals surface area (Å²) in [6, 6.07) is 0.418. The second kappa shape index (κ2) is 6.37. The van der Waals surface area contributed by atoms with E-state index in [2.05, 4.69) is 24.3 Å². The van der Waals surface area contributed by atoms with Crippen LogP contribution in [0.3, 0.4) is 0 Å². The van der Waals surface area contributed by atoms with Crippen LogP contribution in [0.1, 0.15) is 31.2 Å². The fourth-order valence-electron chi connectivity index (χ4n) is 2.19. The zero-order valence-corrected chi connectivity index (χ0v) is 12.7. The highest BCUT2D eigenvalue weighted by Gasteiger charge is 2.25. The second-order valence-corrected chi connectivity index (χ2v) is 5.70. The molecule has 0 aliphatic carbocycles. The first-order valence-corrected chi connectivity index (χ1v) is 7.08. The van der Waals surface area contributed by atoms with Gasteiger partial charge in [0.1, 0.15) is 12.6 Å². The van der Waals surface area contributed by atoms with Crippen LogP contribution in [0.2, 0.25) is 0 Å². The number of carbonyl (C=O) groups excluding carboxylic acids is 1. The summed E-state index contributed by atoms with van der Waals surface area (Å²) in [6.45, 7) is 5.97. The van der Waals surface area contributed by atoms with Crippen molar-refractivity contribution in [2.24, 2.45) is 0 Å². The number of nitrogens with zero attached hydrogens (tertiary/aromatic N) is 3. The first-order chi connectivity index (χ1) is 9.47. The zero-order valence-electron chi connectivity index (χ0n) is 12.7. The van der Waals surface area contributed by atoms with Crippen LogP contribution in [-0.2, 0) is 22.5 Å². The van der Waals surface area contributed by atoms with Crippen LogP contribution in [0.4, 0.5) is 0 Å². The Balaban J connectivity index is 2.08. The van der Waals surface area contributed by atoms with Gasteiger partial charge in [0.05, 0.1) is 12.3 Å². The van der Waals surface area contributed by atoms with E-state index in [0.717, 1.165) is 18.7 Å². The summed E-state index contributed by atoms with van der Waals surface area (Å²) < 4.78 is 7.51. The molecule has 112 valence electrons. The van der Waals surface area contributed by atoms with Crippen molar-refractivity contribution in [3.63, 3.8) is 0 Å². The molecule has 1 atom stereocenters. The van der Waals surface area contributed by atoms with Crippen molar-refractivity contribution in [1.29, 1.82) is 0 Å².